The van der Waals surface area contributed by atoms with Gasteiger partial charge in [0.2, 0.25) is 0 Å². The Morgan fingerprint density at radius 1 is 1.53 bits per heavy atom. The maximum atomic E-state index is 8.83. The Balaban J connectivity index is 1.92. The molecule has 0 aliphatic carbocycles. The van der Waals surface area contributed by atoms with Crippen LogP contribution in [-0.2, 0) is 6.54 Å². The lowest BCUT2D eigenvalue weighted by atomic mass is 10.1. The number of nitriles is 1. The molecular formula is C13H16N4. The molecule has 0 radical (unpaired) electrons. The van der Waals surface area contributed by atoms with Crippen molar-refractivity contribution >= 4 is 11.0 Å². The van der Waals surface area contributed by atoms with E-state index in [4.69, 9.17) is 5.26 Å². The second kappa shape index (κ2) is 5.46. The number of aromatic nitrogens is 2. The van der Waals surface area contributed by atoms with Gasteiger partial charge in [-0.25, -0.2) is 4.98 Å². The van der Waals surface area contributed by atoms with Gasteiger partial charge in [0, 0.05) is 13.1 Å². The number of hydrogen-bond acceptors (Lipinski definition) is 3. The first-order valence-corrected chi connectivity index (χ1v) is 5.86. The van der Waals surface area contributed by atoms with Crippen molar-refractivity contribution in [3.8, 4) is 6.07 Å². The SMILES string of the molecule is CCC(C#N)CNCc1ccc2nc[nH]c2c1. The zero-order valence-electron chi connectivity index (χ0n) is 9.90. The van der Waals surface area contributed by atoms with E-state index in [1.807, 2.05) is 13.0 Å². The quantitative estimate of drug-likeness (QED) is 0.824. The van der Waals surface area contributed by atoms with Gasteiger partial charge in [-0.3, -0.25) is 0 Å². The Morgan fingerprint density at radius 2 is 2.41 bits per heavy atom. The topological polar surface area (TPSA) is 64.5 Å². The largest absolute Gasteiger partial charge is 0.345 e. The lowest BCUT2D eigenvalue weighted by molar-refractivity contribution is 0.553. The lowest BCUT2D eigenvalue weighted by Crippen LogP contribution is -2.21. The lowest BCUT2D eigenvalue weighted by Gasteiger charge is -2.08. The summed E-state index contributed by atoms with van der Waals surface area (Å²) in [7, 11) is 0. The normalized spacial score (nSPS) is 12.5. The maximum absolute atomic E-state index is 8.83. The van der Waals surface area contributed by atoms with Crippen molar-refractivity contribution in [1.82, 2.24) is 15.3 Å². The molecule has 1 aromatic carbocycles. The highest BCUT2D eigenvalue weighted by molar-refractivity contribution is 5.74. The van der Waals surface area contributed by atoms with Crippen molar-refractivity contribution in [3.63, 3.8) is 0 Å². The molecule has 2 rings (SSSR count). The van der Waals surface area contributed by atoms with Crippen LogP contribution in [0.5, 0.6) is 0 Å². The van der Waals surface area contributed by atoms with E-state index in [1.54, 1.807) is 6.33 Å². The number of benzene rings is 1. The number of rotatable bonds is 5. The van der Waals surface area contributed by atoms with Crippen molar-refractivity contribution in [2.75, 3.05) is 6.54 Å². The molecule has 0 bridgehead atoms. The molecule has 88 valence electrons. The number of hydrogen-bond donors (Lipinski definition) is 2. The molecule has 0 aliphatic heterocycles. The Morgan fingerprint density at radius 3 is 3.18 bits per heavy atom. The number of nitrogens with zero attached hydrogens (tertiary/aromatic N) is 2. The molecule has 0 saturated heterocycles. The minimum absolute atomic E-state index is 0.103. The summed E-state index contributed by atoms with van der Waals surface area (Å²) in [6, 6.07) is 8.43. The van der Waals surface area contributed by atoms with Gasteiger partial charge in [-0.1, -0.05) is 13.0 Å². The highest BCUT2D eigenvalue weighted by Crippen LogP contribution is 2.11. The summed E-state index contributed by atoms with van der Waals surface area (Å²) in [5.41, 5.74) is 3.24. The summed E-state index contributed by atoms with van der Waals surface area (Å²) in [6.45, 7) is 3.56. The van der Waals surface area contributed by atoms with Gasteiger partial charge < -0.3 is 10.3 Å². The summed E-state index contributed by atoms with van der Waals surface area (Å²) in [6.07, 6.45) is 2.59. The first-order chi connectivity index (χ1) is 8.33. The molecular weight excluding hydrogens is 212 g/mol. The first kappa shape index (κ1) is 11.6. The Kier molecular flexibility index (Phi) is 3.73. The van der Waals surface area contributed by atoms with Gasteiger partial charge in [0.15, 0.2) is 0 Å². The summed E-state index contributed by atoms with van der Waals surface area (Å²) in [5, 5.41) is 12.1. The van der Waals surface area contributed by atoms with Crippen molar-refractivity contribution in [2.24, 2.45) is 5.92 Å². The third-order valence-electron chi connectivity index (χ3n) is 2.88. The minimum atomic E-state index is 0.103. The van der Waals surface area contributed by atoms with E-state index in [0.717, 1.165) is 30.5 Å². The Hall–Kier alpha value is -1.86. The van der Waals surface area contributed by atoms with Crippen molar-refractivity contribution < 1.29 is 0 Å². The van der Waals surface area contributed by atoms with Crippen LogP contribution in [0.1, 0.15) is 18.9 Å². The third-order valence-corrected chi connectivity index (χ3v) is 2.88. The Labute approximate surface area is 101 Å². The van der Waals surface area contributed by atoms with Crippen LogP contribution in [0.3, 0.4) is 0 Å². The molecule has 0 amide bonds. The van der Waals surface area contributed by atoms with Crippen molar-refractivity contribution in [3.05, 3.63) is 30.1 Å². The van der Waals surface area contributed by atoms with E-state index in [-0.39, 0.29) is 5.92 Å². The van der Waals surface area contributed by atoms with E-state index in [9.17, 15) is 0 Å². The molecule has 0 saturated carbocycles. The molecule has 2 aromatic rings. The molecule has 1 heterocycles. The Bertz CT molecular complexity index is 523. The zero-order valence-corrected chi connectivity index (χ0v) is 9.90. The number of fused-ring (bicyclic) bond motifs is 1. The second-order valence-corrected chi connectivity index (χ2v) is 4.12. The van der Waals surface area contributed by atoms with E-state index in [2.05, 4.69) is 33.5 Å². The van der Waals surface area contributed by atoms with Crippen LogP contribution >= 0.6 is 0 Å². The van der Waals surface area contributed by atoms with Crippen molar-refractivity contribution in [2.45, 2.75) is 19.9 Å². The van der Waals surface area contributed by atoms with Crippen LogP contribution in [0.15, 0.2) is 24.5 Å². The van der Waals surface area contributed by atoms with E-state index in [0.29, 0.717) is 0 Å². The molecule has 0 spiro atoms. The van der Waals surface area contributed by atoms with Crippen LogP contribution in [0.2, 0.25) is 0 Å². The molecule has 17 heavy (non-hydrogen) atoms. The van der Waals surface area contributed by atoms with Gasteiger partial charge in [0.25, 0.3) is 0 Å². The van der Waals surface area contributed by atoms with Crippen molar-refractivity contribution in [1.29, 1.82) is 5.26 Å². The fourth-order valence-electron chi connectivity index (χ4n) is 1.76. The standard InChI is InChI=1S/C13H16N4/c1-2-10(6-14)7-15-8-11-3-4-12-13(5-11)17-9-16-12/h3-5,9-10,15H,2,7-8H2,1H3,(H,16,17). The van der Waals surface area contributed by atoms with Crippen LogP contribution < -0.4 is 5.32 Å². The van der Waals surface area contributed by atoms with Crippen LogP contribution in [0.25, 0.3) is 11.0 Å². The van der Waals surface area contributed by atoms with Gasteiger partial charge in [0.1, 0.15) is 0 Å². The molecule has 1 unspecified atom stereocenters. The summed E-state index contributed by atoms with van der Waals surface area (Å²) < 4.78 is 0. The van der Waals surface area contributed by atoms with Gasteiger partial charge >= 0.3 is 0 Å². The van der Waals surface area contributed by atoms with E-state index < -0.39 is 0 Å². The fraction of sp³-hybridized carbons (Fsp3) is 0.385. The highest BCUT2D eigenvalue weighted by atomic mass is 14.9. The number of H-pyrrole nitrogens is 1. The summed E-state index contributed by atoms with van der Waals surface area (Å²) >= 11 is 0. The van der Waals surface area contributed by atoms with Gasteiger partial charge in [-0.15, -0.1) is 0 Å². The molecule has 1 atom stereocenters. The van der Waals surface area contributed by atoms with E-state index in [1.165, 1.54) is 5.56 Å². The first-order valence-electron chi connectivity index (χ1n) is 5.86. The van der Waals surface area contributed by atoms with Gasteiger partial charge in [-0.2, -0.15) is 5.26 Å². The molecule has 4 heteroatoms. The zero-order chi connectivity index (χ0) is 12.1. The third kappa shape index (κ3) is 2.83. The number of nitrogens with one attached hydrogen (secondary N) is 2. The summed E-state index contributed by atoms with van der Waals surface area (Å²) in [5.74, 6) is 0.103. The smallest absolute Gasteiger partial charge is 0.0931 e. The molecule has 4 nitrogen and oxygen atoms in total. The monoisotopic (exact) mass is 228 g/mol. The minimum Gasteiger partial charge on any atom is -0.345 e. The van der Waals surface area contributed by atoms with Crippen LogP contribution in [-0.4, -0.2) is 16.5 Å². The predicted octanol–water partition coefficient (Wildman–Crippen LogP) is 2.20. The second-order valence-electron chi connectivity index (χ2n) is 4.12. The molecule has 0 fully saturated rings. The number of aromatic amines is 1. The molecule has 0 aliphatic rings. The average Bonchev–Trinajstić information content (AvgIpc) is 2.82. The predicted molar refractivity (Wildman–Crippen MR) is 67.2 cm³/mol. The highest BCUT2D eigenvalue weighted by Gasteiger charge is 2.03. The fourth-order valence-corrected chi connectivity index (χ4v) is 1.76. The maximum Gasteiger partial charge on any atom is 0.0931 e. The average molecular weight is 228 g/mol. The van der Waals surface area contributed by atoms with Gasteiger partial charge in [-0.05, 0) is 24.1 Å². The van der Waals surface area contributed by atoms with Crippen LogP contribution in [0.4, 0.5) is 0 Å². The van der Waals surface area contributed by atoms with Gasteiger partial charge in [0.05, 0.1) is 29.3 Å². The van der Waals surface area contributed by atoms with Crippen LogP contribution in [0, 0.1) is 17.2 Å². The number of imidazole rings is 1. The van der Waals surface area contributed by atoms with E-state index >= 15 is 0 Å². The summed E-state index contributed by atoms with van der Waals surface area (Å²) in [4.78, 5) is 7.27. The molecule has 1 aromatic heterocycles. The molecule has 2 N–H and O–H groups in total.